The number of nitrogens with zero attached hydrogens (tertiary/aromatic N) is 5. The lowest BCUT2D eigenvalue weighted by Gasteiger charge is -2.26. The average molecular weight is 597 g/mol. The van der Waals surface area contributed by atoms with Gasteiger partial charge in [-0.3, -0.25) is 23.9 Å². The van der Waals surface area contributed by atoms with Gasteiger partial charge >= 0.3 is 0 Å². The average Bonchev–Trinajstić information content (AvgIpc) is 3.32. The highest BCUT2D eigenvalue weighted by Gasteiger charge is 2.26. The molecule has 0 aliphatic carbocycles. The maximum Gasteiger partial charge on any atom is 0.291 e. The predicted octanol–water partition coefficient (Wildman–Crippen LogP) is 5.64. The zero-order valence-electron chi connectivity index (χ0n) is 22.5. The first-order chi connectivity index (χ1) is 19.9. The van der Waals surface area contributed by atoms with Crippen molar-refractivity contribution in [2.75, 3.05) is 32.2 Å². The number of nitrogens with one attached hydrogen (secondary N) is 1. The Morgan fingerprint density at radius 1 is 1.15 bits per heavy atom. The molecule has 1 N–H and O–H groups in total. The largest absolute Gasteiger partial charge is 0.480 e. The molecule has 0 atom stereocenters. The van der Waals surface area contributed by atoms with E-state index < -0.39 is 5.91 Å². The van der Waals surface area contributed by atoms with Gasteiger partial charge in [0.15, 0.2) is 12.1 Å². The van der Waals surface area contributed by atoms with Crippen LogP contribution in [0.4, 0.5) is 10.1 Å². The topological polar surface area (TPSA) is 102 Å². The van der Waals surface area contributed by atoms with E-state index in [9.17, 15) is 14.0 Å². The third kappa shape index (κ3) is 5.68. The van der Waals surface area contributed by atoms with E-state index in [0.717, 1.165) is 24.4 Å². The van der Waals surface area contributed by atoms with Gasteiger partial charge in [-0.15, -0.1) is 0 Å². The summed E-state index contributed by atoms with van der Waals surface area (Å²) < 4.78 is 19.7. The minimum Gasteiger partial charge on any atom is -0.480 e. The van der Waals surface area contributed by atoms with E-state index in [-0.39, 0.29) is 23.4 Å². The summed E-state index contributed by atoms with van der Waals surface area (Å²) in [5, 5.41) is 3.42. The second kappa shape index (κ2) is 12.3. The maximum absolute atomic E-state index is 13.3. The second-order valence-corrected chi connectivity index (χ2v) is 10.3. The summed E-state index contributed by atoms with van der Waals surface area (Å²) in [7, 11) is 3.25. The van der Waals surface area contributed by atoms with Crippen LogP contribution in [-0.4, -0.2) is 63.5 Å². The summed E-state index contributed by atoms with van der Waals surface area (Å²) >= 11 is 13.6. The first kappa shape index (κ1) is 28.7. The molecule has 212 valence electrons. The fourth-order valence-electron chi connectivity index (χ4n) is 4.93. The smallest absolute Gasteiger partial charge is 0.291 e. The molecule has 0 radical (unpaired) electrons. The zero-order chi connectivity index (χ0) is 29.1. The van der Waals surface area contributed by atoms with E-state index in [4.69, 9.17) is 27.9 Å². The standard InChI is InChI=1S/C29H27Cl2FN6O3/c1-37-23-10-14-38(13-4-11-32)15-22(23)34-27(37)28(40)35-21-6-3-5-19(24(21)30)26-25(31)18(9-12-33-26)20-8-7-17(16-39)29(36-20)41-2/h3,5-9,12,16H,4,10-11,13-15H2,1-2H3,(H,35,40). The lowest BCUT2D eigenvalue weighted by molar-refractivity contribution is 0.101. The number of fused-ring (bicyclic) bond motifs is 1. The molecule has 12 heteroatoms. The normalized spacial score (nSPS) is 13.1. The fourth-order valence-corrected chi connectivity index (χ4v) is 5.51. The van der Waals surface area contributed by atoms with E-state index in [1.165, 1.54) is 7.11 Å². The van der Waals surface area contributed by atoms with Crippen LogP contribution in [0.5, 0.6) is 5.88 Å². The minimum absolute atomic E-state index is 0.179. The number of alkyl halides is 1. The fraction of sp³-hybridized carbons (Fsp3) is 0.276. The molecule has 0 spiro atoms. The third-order valence-electron chi connectivity index (χ3n) is 7.02. The summed E-state index contributed by atoms with van der Waals surface area (Å²) in [5.41, 5.74) is 4.46. The number of benzene rings is 1. The number of hydrogen-bond acceptors (Lipinski definition) is 7. The van der Waals surface area contributed by atoms with Crippen LogP contribution in [0.3, 0.4) is 0 Å². The molecule has 9 nitrogen and oxygen atoms in total. The predicted molar refractivity (Wildman–Crippen MR) is 156 cm³/mol. The maximum atomic E-state index is 13.3. The molecule has 0 unspecified atom stereocenters. The number of ether oxygens (including phenoxy) is 1. The zero-order valence-corrected chi connectivity index (χ0v) is 24.0. The van der Waals surface area contributed by atoms with Crippen LogP contribution in [0.1, 0.15) is 38.8 Å². The number of amides is 1. The molecule has 0 fully saturated rings. The highest BCUT2D eigenvalue weighted by molar-refractivity contribution is 6.39. The van der Waals surface area contributed by atoms with Crippen molar-refractivity contribution in [2.45, 2.75) is 19.4 Å². The molecule has 3 aromatic heterocycles. The quantitative estimate of drug-likeness (QED) is 0.249. The summed E-state index contributed by atoms with van der Waals surface area (Å²) in [5.74, 6) is 0.0366. The van der Waals surface area contributed by atoms with Crippen molar-refractivity contribution in [2.24, 2.45) is 7.05 Å². The summed E-state index contributed by atoms with van der Waals surface area (Å²) in [6.07, 6.45) is 3.45. The van der Waals surface area contributed by atoms with Gasteiger partial charge in [0.05, 0.1) is 52.2 Å². The number of halogens is 3. The number of carbonyl (C=O) groups excluding carboxylic acids is 2. The Morgan fingerprint density at radius 2 is 1.98 bits per heavy atom. The monoisotopic (exact) mass is 596 g/mol. The van der Waals surface area contributed by atoms with Gasteiger partial charge in [0.1, 0.15) is 0 Å². The number of methoxy groups -OCH3 is 1. The lowest BCUT2D eigenvalue weighted by Crippen LogP contribution is -2.32. The molecular formula is C29H27Cl2FN6O3. The van der Waals surface area contributed by atoms with Crippen LogP contribution in [0.15, 0.2) is 42.6 Å². The molecule has 5 rings (SSSR count). The number of aromatic nitrogens is 4. The summed E-state index contributed by atoms with van der Waals surface area (Å²) in [6.45, 7) is 1.66. The van der Waals surface area contributed by atoms with Crippen molar-refractivity contribution in [3.8, 4) is 28.4 Å². The number of rotatable bonds is 9. The Morgan fingerprint density at radius 3 is 2.73 bits per heavy atom. The summed E-state index contributed by atoms with van der Waals surface area (Å²) in [4.78, 5) is 40.2. The third-order valence-corrected chi connectivity index (χ3v) is 7.81. The van der Waals surface area contributed by atoms with Crippen LogP contribution in [0.2, 0.25) is 10.0 Å². The first-order valence-electron chi connectivity index (χ1n) is 12.9. The van der Waals surface area contributed by atoms with Crippen molar-refractivity contribution in [1.82, 2.24) is 24.4 Å². The number of aldehydes is 1. The van der Waals surface area contributed by atoms with E-state index in [2.05, 4.69) is 25.2 Å². The van der Waals surface area contributed by atoms with Gasteiger partial charge in [0.2, 0.25) is 5.88 Å². The second-order valence-electron chi connectivity index (χ2n) is 9.51. The van der Waals surface area contributed by atoms with Crippen molar-refractivity contribution in [3.63, 3.8) is 0 Å². The van der Waals surface area contributed by atoms with E-state index >= 15 is 0 Å². The van der Waals surface area contributed by atoms with Crippen molar-refractivity contribution in [1.29, 1.82) is 0 Å². The van der Waals surface area contributed by atoms with E-state index in [0.29, 0.717) is 64.6 Å². The minimum atomic E-state index is -0.407. The van der Waals surface area contributed by atoms with Crippen molar-refractivity contribution in [3.05, 3.63) is 75.4 Å². The van der Waals surface area contributed by atoms with Gasteiger partial charge in [0.25, 0.3) is 5.91 Å². The molecule has 1 aromatic carbocycles. The SMILES string of the molecule is COc1nc(-c2ccnc(-c3cccc(NC(=O)c4nc5c(n4C)CCN(CCCF)C5)c3Cl)c2Cl)ccc1C=O. The molecule has 41 heavy (non-hydrogen) atoms. The first-order valence-corrected chi connectivity index (χ1v) is 13.7. The summed E-state index contributed by atoms with van der Waals surface area (Å²) in [6, 6.07) is 10.2. The van der Waals surface area contributed by atoms with Gasteiger partial charge in [-0.1, -0.05) is 35.3 Å². The molecular weight excluding hydrogens is 570 g/mol. The van der Waals surface area contributed by atoms with Crippen LogP contribution in [0, 0.1) is 0 Å². The van der Waals surface area contributed by atoms with Gasteiger partial charge in [-0.05, 0) is 30.7 Å². The van der Waals surface area contributed by atoms with Gasteiger partial charge in [-0.25, -0.2) is 9.97 Å². The van der Waals surface area contributed by atoms with Crippen LogP contribution >= 0.6 is 23.2 Å². The highest BCUT2D eigenvalue weighted by Crippen LogP contribution is 2.40. The Kier molecular flexibility index (Phi) is 8.63. The Balaban J connectivity index is 1.42. The number of pyridine rings is 2. The Hall–Kier alpha value is -3.86. The van der Waals surface area contributed by atoms with Gasteiger partial charge < -0.3 is 14.6 Å². The molecule has 1 amide bonds. The molecule has 0 saturated heterocycles. The molecule has 0 bridgehead atoms. The van der Waals surface area contributed by atoms with Gasteiger partial charge in [-0.2, -0.15) is 0 Å². The van der Waals surface area contributed by atoms with E-state index in [1.54, 1.807) is 47.2 Å². The molecule has 1 aliphatic rings. The van der Waals surface area contributed by atoms with Crippen LogP contribution in [0.25, 0.3) is 22.5 Å². The van der Waals surface area contributed by atoms with Crippen LogP contribution < -0.4 is 10.1 Å². The number of imidazole rings is 1. The molecule has 4 aromatic rings. The number of hydrogen-bond donors (Lipinski definition) is 1. The van der Waals surface area contributed by atoms with Gasteiger partial charge in [0, 0.05) is 56.1 Å². The highest BCUT2D eigenvalue weighted by atomic mass is 35.5. The lowest BCUT2D eigenvalue weighted by atomic mass is 10.1. The number of anilines is 1. The van der Waals surface area contributed by atoms with Crippen molar-refractivity contribution >= 4 is 41.1 Å². The Labute approximate surface area is 246 Å². The molecule has 4 heterocycles. The van der Waals surface area contributed by atoms with E-state index in [1.807, 2.05) is 7.05 Å². The molecule has 1 aliphatic heterocycles. The van der Waals surface area contributed by atoms with Crippen molar-refractivity contribution < 1.29 is 18.7 Å². The Bertz CT molecular complexity index is 1630. The van der Waals surface area contributed by atoms with Crippen LogP contribution in [-0.2, 0) is 20.0 Å². The molecule has 0 saturated carbocycles. The number of carbonyl (C=O) groups is 2.